The highest BCUT2D eigenvalue weighted by Gasteiger charge is 2.39. The standard InChI is InChI=1S/C13H19N/c1-2-3-4-11-5-7-12(8-6-11)13(14)9-10-13/h5-8H,2-4,9-10,14H2,1H3. The first-order valence-corrected chi connectivity index (χ1v) is 5.63. The minimum absolute atomic E-state index is 0.0310. The van der Waals surface area contributed by atoms with Crippen molar-refractivity contribution >= 4 is 0 Å². The summed E-state index contributed by atoms with van der Waals surface area (Å²) in [5.41, 5.74) is 8.91. The third-order valence-electron chi connectivity index (χ3n) is 3.14. The van der Waals surface area contributed by atoms with Crippen LogP contribution in [-0.4, -0.2) is 0 Å². The number of hydrogen-bond acceptors (Lipinski definition) is 1. The van der Waals surface area contributed by atoms with Crippen LogP contribution in [0.4, 0.5) is 0 Å². The first kappa shape index (κ1) is 9.72. The van der Waals surface area contributed by atoms with Gasteiger partial charge in [0.15, 0.2) is 0 Å². The van der Waals surface area contributed by atoms with Crippen molar-refractivity contribution in [3.63, 3.8) is 0 Å². The summed E-state index contributed by atoms with van der Waals surface area (Å²) in [7, 11) is 0. The van der Waals surface area contributed by atoms with Crippen molar-refractivity contribution in [2.45, 2.75) is 44.6 Å². The molecule has 0 atom stereocenters. The molecule has 0 spiro atoms. The first-order chi connectivity index (χ1) is 6.74. The van der Waals surface area contributed by atoms with E-state index in [0.29, 0.717) is 0 Å². The number of unbranched alkanes of at least 4 members (excludes halogenated alkanes) is 1. The molecule has 0 unspecified atom stereocenters. The molecule has 2 N–H and O–H groups in total. The van der Waals surface area contributed by atoms with Gasteiger partial charge < -0.3 is 5.73 Å². The van der Waals surface area contributed by atoms with Gasteiger partial charge in [0.05, 0.1) is 0 Å². The van der Waals surface area contributed by atoms with Gasteiger partial charge in [0.25, 0.3) is 0 Å². The number of benzene rings is 1. The van der Waals surface area contributed by atoms with Crippen molar-refractivity contribution in [2.75, 3.05) is 0 Å². The summed E-state index contributed by atoms with van der Waals surface area (Å²) >= 11 is 0. The average Bonchev–Trinajstić information content (AvgIpc) is 2.96. The Bertz CT molecular complexity index is 296. The lowest BCUT2D eigenvalue weighted by Gasteiger charge is -2.09. The predicted octanol–water partition coefficient (Wildman–Crippen LogP) is 2.98. The van der Waals surface area contributed by atoms with Crippen LogP contribution in [0.25, 0.3) is 0 Å². The molecule has 2 rings (SSSR count). The SMILES string of the molecule is CCCCc1ccc(C2(N)CC2)cc1. The normalized spacial score (nSPS) is 18.1. The van der Waals surface area contributed by atoms with Gasteiger partial charge in [-0.25, -0.2) is 0 Å². The van der Waals surface area contributed by atoms with E-state index in [0.717, 1.165) is 12.8 Å². The molecule has 0 heterocycles. The molecule has 0 amide bonds. The summed E-state index contributed by atoms with van der Waals surface area (Å²) in [6, 6.07) is 8.88. The molecule has 1 aliphatic rings. The van der Waals surface area contributed by atoms with Crippen molar-refractivity contribution in [1.29, 1.82) is 0 Å². The van der Waals surface area contributed by atoms with Gasteiger partial charge in [-0.3, -0.25) is 0 Å². The fraction of sp³-hybridized carbons (Fsp3) is 0.538. The summed E-state index contributed by atoms with van der Waals surface area (Å²) in [6.45, 7) is 2.23. The zero-order valence-electron chi connectivity index (χ0n) is 8.92. The van der Waals surface area contributed by atoms with Gasteiger partial charge in [0.2, 0.25) is 0 Å². The van der Waals surface area contributed by atoms with Crippen LogP contribution >= 0.6 is 0 Å². The van der Waals surface area contributed by atoms with E-state index >= 15 is 0 Å². The summed E-state index contributed by atoms with van der Waals surface area (Å²) < 4.78 is 0. The fourth-order valence-corrected chi connectivity index (χ4v) is 1.81. The molecule has 76 valence electrons. The van der Waals surface area contributed by atoms with E-state index in [1.54, 1.807) is 0 Å². The van der Waals surface area contributed by atoms with E-state index in [-0.39, 0.29) is 5.54 Å². The quantitative estimate of drug-likeness (QED) is 0.774. The van der Waals surface area contributed by atoms with Gasteiger partial charge >= 0.3 is 0 Å². The number of hydrogen-bond donors (Lipinski definition) is 1. The minimum Gasteiger partial charge on any atom is -0.321 e. The molecule has 0 bridgehead atoms. The van der Waals surface area contributed by atoms with Gasteiger partial charge in [-0.15, -0.1) is 0 Å². The molecule has 1 fully saturated rings. The largest absolute Gasteiger partial charge is 0.321 e. The molecule has 0 aliphatic heterocycles. The smallest absolute Gasteiger partial charge is 0.0411 e. The summed E-state index contributed by atoms with van der Waals surface area (Å²) in [5.74, 6) is 0. The van der Waals surface area contributed by atoms with Crippen LogP contribution in [0.1, 0.15) is 43.7 Å². The highest BCUT2D eigenvalue weighted by molar-refractivity contribution is 5.32. The van der Waals surface area contributed by atoms with Crippen LogP contribution in [-0.2, 0) is 12.0 Å². The zero-order valence-corrected chi connectivity index (χ0v) is 8.92. The molecule has 0 saturated heterocycles. The van der Waals surface area contributed by atoms with Crippen molar-refractivity contribution in [1.82, 2.24) is 0 Å². The third-order valence-corrected chi connectivity index (χ3v) is 3.14. The molecule has 0 radical (unpaired) electrons. The fourth-order valence-electron chi connectivity index (χ4n) is 1.81. The topological polar surface area (TPSA) is 26.0 Å². The number of rotatable bonds is 4. The lowest BCUT2D eigenvalue weighted by molar-refractivity contribution is 0.737. The first-order valence-electron chi connectivity index (χ1n) is 5.63. The molecular formula is C13H19N. The van der Waals surface area contributed by atoms with E-state index in [4.69, 9.17) is 5.73 Å². The molecule has 1 aromatic rings. The lowest BCUT2D eigenvalue weighted by atomic mass is 10.0. The monoisotopic (exact) mass is 189 g/mol. The van der Waals surface area contributed by atoms with Gasteiger partial charge in [0, 0.05) is 5.54 Å². The van der Waals surface area contributed by atoms with Crippen LogP contribution in [0, 0.1) is 0 Å². The van der Waals surface area contributed by atoms with E-state index in [1.165, 1.54) is 30.4 Å². The summed E-state index contributed by atoms with van der Waals surface area (Å²) in [6.07, 6.45) is 6.06. The molecule has 1 aliphatic carbocycles. The van der Waals surface area contributed by atoms with Crippen LogP contribution in [0.3, 0.4) is 0 Å². The molecule has 14 heavy (non-hydrogen) atoms. The average molecular weight is 189 g/mol. The molecular weight excluding hydrogens is 170 g/mol. The maximum Gasteiger partial charge on any atom is 0.0411 e. The Hall–Kier alpha value is -0.820. The molecule has 1 heteroatoms. The summed E-state index contributed by atoms with van der Waals surface area (Å²) in [5, 5.41) is 0. The van der Waals surface area contributed by atoms with E-state index in [2.05, 4.69) is 31.2 Å². The highest BCUT2D eigenvalue weighted by atomic mass is 14.8. The van der Waals surface area contributed by atoms with Crippen LogP contribution in [0.5, 0.6) is 0 Å². The van der Waals surface area contributed by atoms with Gasteiger partial charge in [0.1, 0.15) is 0 Å². The van der Waals surface area contributed by atoms with Crippen LogP contribution in [0.2, 0.25) is 0 Å². The van der Waals surface area contributed by atoms with Gasteiger partial charge in [-0.2, -0.15) is 0 Å². The van der Waals surface area contributed by atoms with Gasteiger partial charge in [-0.1, -0.05) is 37.6 Å². The Balaban J connectivity index is 2.03. The van der Waals surface area contributed by atoms with Crippen molar-refractivity contribution in [3.05, 3.63) is 35.4 Å². The summed E-state index contributed by atoms with van der Waals surface area (Å²) in [4.78, 5) is 0. The number of nitrogens with two attached hydrogens (primary N) is 1. The van der Waals surface area contributed by atoms with E-state index in [9.17, 15) is 0 Å². The van der Waals surface area contributed by atoms with Crippen molar-refractivity contribution < 1.29 is 0 Å². The Morgan fingerprint density at radius 1 is 1.21 bits per heavy atom. The zero-order chi connectivity index (χ0) is 10.0. The van der Waals surface area contributed by atoms with Crippen LogP contribution in [0.15, 0.2) is 24.3 Å². The Morgan fingerprint density at radius 3 is 2.36 bits per heavy atom. The second-order valence-electron chi connectivity index (χ2n) is 4.46. The minimum atomic E-state index is 0.0310. The molecule has 0 aromatic heterocycles. The van der Waals surface area contributed by atoms with E-state index < -0.39 is 0 Å². The lowest BCUT2D eigenvalue weighted by Crippen LogP contribution is -2.18. The van der Waals surface area contributed by atoms with Gasteiger partial charge in [-0.05, 0) is 36.8 Å². The molecule has 1 aromatic carbocycles. The van der Waals surface area contributed by atoms with Crippen LogP contribution < -0.4 is 5.73 Å². The van der Waals surface area contributed by atoms with E-state index in [1.807, 2.05) is 0 Å². The third kappa shape index (κ3) is 1.98. The number of aryl methyl sites for hydroxylation is 1. The highest BCUT2D eigenvalue weighted by Crippen LogP contribution is 2.42. The Kier molecular flexibility index (Phi) is 2.60. The van der Waals surface area contributed by atoms with Crippen molar-refractivity contribution in [2.24, 2.45) is 5.73 Å². The second kappa shape index (κ2) is 3.74. The molecule has 1 saturated carbocycles. The second-order valence-corrected chi connectivity index (χ2v) is 4.46. The Morgan fingerprint density at radius 2 is 1.86 bits per heavy atom. The Labute approximate surface area is 86.3 Å². The molecule has 1 nitrogen and oxygen atoms in total. The predicted molar refractivity (Wildman–Crippen MR) is 60.2 cm³/mol. The van der Waals surface area contributed by atoms with Crippen molar-refractivity contribution in [3.8, 4) is 0 Å². The maximum atomic E-state index is 6.12. The maximum absolute atomic E-state index is 6.12.